The van der Waals surface area contributed by atoms with Crippen LogP contribution >= 0.6 is 23.2 Å². The molecule has 0 atom stereocenters. The van der Waals surface area contributed by atoms with E-state index in [0.717, 1.165) is 0 Å². The Kier molecular flexibility index (Phi) is 6.35. The zero-order valence-electron chi connectivity index (χ0n) is 17.4. The number of amides is 3. The Hall–Kier alpha value is -3.81. The molecule has 1 aromatic heterocycles. The van der Waals surface area contributed by atoms with Gasteiger partial charge in [0.25, 0.3) is 5.91 Å². The molecule has 0 aliphatic carbocycles. The number of para-hydroxylation sites is 1. The minimum Gasteiger partial charge on any atom is -0.321 e. The first kappa shape index (κ1) is 22.4. The van der Waals surface area contributed by atoms with Gasteiger partial charge in [-0.15, -0.1) is 0 Å². The fraction of sp³-hybridized carbons (Fsp3) is 0.0417. The second-order valence-corrected chi connectivity index (χ2v) is 8.04. The number of nitrogens with one attached hydrogen (secondary N) is 3. The highest BCUT2D eigenvalue weighted by atomic mass is 35.5. The molecule has 3 amide bonds. The van der Waals surface area contributed by atoms with Crippen molar-refractivity contribution in [2.75, 3.05) is 16.1 Å². The van der Waals surface area contributed by atoms with E-state index in [9.17, 15) is 14.4 Å². The first-order valence-corrected chi connectivity index (χ1v) is 10.6. The Labute approximate surface area is 199 Å². The molecule has 7 nitrogen and oxygen atoms in total. The number of nitrogens with zero attached hydrogens (tertiary/aromatic N) is 1. The van der Waals surface area contributed by atoms with Crippen molar-refractivity contribution < 1.29 is 14.4 Å². The maximum Gasteiger partial charge on any atom is 0.328 e. The van der Waals surface area contributed by atoms with Gasteiger partial charge in [-0.2, -0.15) is 0 Å². The van der Waals surface area contributed by atoms with E-state index in [2.05, 4.69) is 16.1 Å². The molecule has 4 aromatic rings. The Morgan fingerprint density at radius 2 is 1.58 bits per heavy atom. The molecule has 1 heterocycles. The van der Waals surface area contributed by atoms with Crippen LogP contribution in [0.4, 0.5) is 11.4 Å². The number of benzene rings is 3. The van der Waals surface area contributed by atoms with Crippen LogP contribution in [0, 0.1) is 6.92 Å². The molecule has 166 valence electrons. The molecule has 33 heavy (non-hydrogen) atoms. The van der Waals surface area contributed by atoms with Crippen LogP contribution in [-0.4, -0.2) is 22.4 Å². The van der Waals surface area contributed by atoms with Crippen LogP contribution in [-0.2, 0) is 9.59 Å². The standard InChI is InChI=1S/C24H18Cl2N4O3/c1-14-18(26)8-5-9-19(14)28-23(32)24(33)29-30-20-11-10-16(25)12-15(20)13-21(30)22(31)27-17-6-3-2-4-7-17/h2-13H,1H3,(H,27,31)(H,28,32)(H,29,33). The van der Waals surface area contributed by atoms with Crippen molar-refractivity contribution in [3.8, 4) is 0 Å². The molecule has 0 saturated heterocycles. The van der Waals surface area contributed by atoms with Crippen molar-refractivity contribution in [2.24, 2.45) is 0 Å². The van der Waals surface area contributed by atoms with Crippen molar-refractivity contribution in [1.29, 1.82) is 0 Å². The molecule has 0 unspecified atom stereocenters. The van der Waals surface area contributed by atoms with Gasteiger partial charge < -0.3 is 10.6 Å². The number of halogens is 2. The third-order valence-electron chi connectivity index (χ3n) is 4.96. The lowest BCUT2D eigenvalue weighted by molar-refractivity contribution is -0.133. The Morgan fingerprint density at radius 3 is 2.33 bits per heavy atom. The van der Waals surface area contributed by atoms with Crippen molar-refractivity contribution in [2.45, 2.75) is 6.92 Å². The summed E-state index contributed by atoms with van der Waals surface area (Å²) in [7, 11) is 0. The third kappa shape index (κ3) is 4.84. The molecule has 9 heteroatoms. The summed E-state index contributed by atoms with van der Waals surface area (Å²) in [4.78, 5) is 38.3. The van der Waals surface area contributed by atoms with Crippen LogP contribution in [0.1, 0.15) is 16.1 Å². The zero-order valence-corrected chi connectivity index (χ0v) is 18.9. The lowest BCUT2D eigenvalue weighted by Gasteiger charge is -2.13. The highest BCUT2D eigenvalue weighted by molar-refractivity contribution is 6.43. The number of carbonyl (C=O) groups is 3. The first-order chi connectivity index (χ1) is 15.8. The van der Waals surface area contributed by atoms with E-state index in [1.807, 2.05) is 6.07 Å². The van der Waals surface area contributed by atoms with Crippen molar-refractivity contribution in [1.82, 2.24) is 4.68 Å². The summed E-state index contributed by atoms with van der Waals surface area (Å²) >= 11 is 12.2. The summed E-state index contributed by atoms with van der Waals surface area (Å²) in [6.07, 6.45) is 0. The lowest BCUT2D eigenvalue weighted by Crippen LogP contribution is -2.36. The number of anilines is 2. The van der Waals surface area contributed by atoms with Crippen molar-refractivity contribution >= 4 is 63.2 Å². The second kappa shape index (κ2) is 9.36. The van der Waals surface area contributed by atoms with Gasteiger partial charge in [0.05, 0.1) is 5.52 Å². The molecule has 0 spiro atoms. The summed E-state index contributed by atoms with van der Waals surface area (Å²) < 4.78 is 1.26. The maximum atomic E-state index is 13.0. The normalized spacial score (nSPS) is 10.6. The van der Waals surface area contributed by atoms with Gasteiger partial charge in [0.15, 0.2) is 0 Å². The van der Waals surface area contributed by atoms with Gasteiger partial charge in [-0.25, -0.2) is 4.68 Å². The summed E-state index contributed by atoms with van der Waals surface area (Å²) in [5, 5.41) is 6.85. The monoisotopic (exact) mass is 480 g/mol. The van der Waals surface area contributed by atoms with E-state index in [-0.39, 0.29) is 5.69 Å². The minimum atomic E-state index is -0.962. The van der Waals surface area contributed by atoms with E-state index in [1.165, 1.54) is 4.68 Å². The second-order valence-electron chi connectivity index (χ2n) is 7.20. The quantitative estimate of drug-likeness (QED) is 0.349. The molecule has 3 N–H and O–H groups in total. The van der Waals surface area contributed by atoms with Gasteiger partial charge in [-0.3, -0.25) is 19.8 Å². The molecule has 0 aliphatic heterocycles. The minimum absolute atomic E-state index is 0.121. The summed E-state index contributed by atoms with van der Waals surface area (Å²) in [6.45, 7) is 1.73. The molecule has 0 radical (unpaired) electrons. The predicted molar refractivity (Wildman–Crippen MR) is 131 cm³/mol. The molecular formula is C24H18Cl2N4O3. The van der Waals surface area contributed by atoms with Crippen LogP contribution < -0.4 is 16.1 Å². The molecule has 4 rings (SSSR count). The number of hydrogen-bond donors (Lipinski definition) is 3. The van der Waals surface area contributed by atoms with Gasteiger partial charge >= 0.3 is 11.8 Å². The Balaban J connectivity index is 1.63. The molecular weight excluding hydrogens is 463 g/mol. The number of aromatic nitrogens is 1. The average Bonchev–Trinajstić information content (AvgIpc) is 3.15. The predicted octanol–water partition coefficient (Wildman–Crippen LogP) is 5.22. The summed E-state index contributed by atoms with van der Waals surface area (Å²) in [5.74, 6) is -2.35. The van der Waals surface area contributed by atoms with E-state index in [0.29, 0.717) is 37.9 Å². The van der Waals surface area contributed by atoms with E-state index in [4.69, 9.17) is 23.2 Å². The highest BCUT2D eigenvalue weighted by Crippen LogP contribution is 2.25. The summed E-state index contributed by atoms with van der Waals surface area (Å²) in [6, 6.07) is 20.4. The SMILES string of the molecule is Cc1c(Cl)cccc1NC(=O)C(=O)Nn1c(C(=O)Nc2ccccc2)cc2cc(Cl)ccc21. The number of carbonyl (C=O) groups excluding carboxylic acids is 3. The number of rotatable bonds is 4. The Bertz CT molecular complexity index is 1380. The van der Waals surface area contributed by atoms with Crippen LogP contribution in [0.5, 0.6) is 0 Å². The summed E-state index contributed by atoms with van der Waals surface area (Å²) in [5.41, 5.74) is 4.74. The number of hydrogen-bond acceptors (Lipinski definition) is 3. The van der Waals surface area contributed by atoms with Crippen LogP contribution in [0.2, 0.25) is 10.0 Å². The molecule has 0 fully saturated rings. The lowest BCUT2D eigenvalue weighted by atomic mass is 10.2. The van der Waals surface area contributed by atoms with Crippen LogP contribution in [0.3, 0.4) is 0 Å². The van der Waals surface area contributed by atoms with Crippen LogP contribution in [0.15, 0.2) is 72.8 Å². The highest BCUT2D eigenvalue weighted by Gasteiger charge is 2.21. The van der Waals surface area contributed by atoms with Gasteiger partial charge in [-0.05, 0) is 61.0 Å². The zero-order chi connectivity index (χ0) is 23.5. The number of fused-ring (bicyclic) bond motifs is 1. The van der Waals surface area contributed by atoms with Gasteiger partial charge in [0, 0.05) is 26.8 Å². The Morgan fingerprint density at radius 1 is 0.818 bits per heavy atom. The smallest absolute Gasteiger partial charge is 0.321 e. The fourth-order valence-corrected chi connectivity index (χ4v) is 3.62. The van der Waals surface area contributed by atoms with Crippen molar-refractivity contribution in [3.63, 3.8) is 0 Å². The van der Waals surface area contributed by atoms with Gasteiger partial charge in [0.2, 0.25) is 0 Å². The van der Waals surface area contributed by atoms with Gasteiger partial charge in [0.1, 0.15) is 5.69 Å². The first-order valence-electron chi connectivity index (χ1n) is 9.88. The largest absolute Gasteiger partial charge is 0.328 e. The maximum absolute atomic E-state index is 13.0. The topological polar surface area (TPSA) is 92.2 Å². The molecule has 0 saturated carbocycles. The molecule has 0 aliphatic rings. The van der Waals surface area contributed by atoms with E-state index in [1.54, 1.807) is 73.7 Å². The van der Waals surface area contributed by atoms with E-state index < -0.39 is 17.7 Å². The molecule has 0 bridgehead atoms. The van der Waals surface area contributed by atoms with Gasteiger partial charge in [-0.1, -0.05) is 47.5 Å². The molecule has 3 aromatic carbocycles. The fourth-order valence-electron chi connectivity index (χ4n) is 3.26. The van der Waals surface area contributed by atoms with E-state index >= 15 is 0 Å². The average molecular weight is 481 g/mol. The third-order valence-corrected chi connectivity index (χ3v) is 5.61. The van der Waals surface area contributed by atoms with Crippen molar-refractivity contribution in [3.05, 3.63) is 94.1 Å². The van der Waals surface area contributed by atoms with Crippen LogP contribution in [0.25, 0.3) is 10.9 Å².